The average Bonchev–Trinajstić information content (AvgIpc) is 2.82. The van der Waals surface area contributed by atoms with E-state index < -0.39 is 5.82 Å². The van der Waals surface area contributed by atoms with Gasteiger partial charge >= 0.3 is 0 Å². The summed E-state index contributed by atoms with van der Waals surface area (Å²) < 4.78 is 31.1. The van der Waals surface area contributed by atoms with Crippen LogP contribution < -0.4 is 15.4 Å². The molecule has 7 nitrogen and oxygen atoms in total. The number of aliphatic imine (C=N–C) groups is 1. The Bertz CT molecular complexity index is 829. The van der Waals surface area contributed by atoms with Gasteiger partial charge in [0, 0.05) is 45.7 Å². The van der Waals surface area contributed by atoms with Crippen LogP contribution in [0.3, 0.4) is 0 Å². The summed E-state index contributed by atoms with van der Waals surface area (Å²) in [5, 5.41) is 6.51. The number of rotatable bonds is 11. The first-order valence-electron chi connectivity index (χ1n) is 11.3. The minimum Gasteiger partial charge on any atom is -0.453 e. The van der Waals surface area contributed by atoms with E-state index in [0.29, 0.717) is 30.8 Å². The van der Waals surface area contributed by atoms with E-state index in [4.69, 9.17) is 14.2 Å². The van der Waals surface area contributed by atoms with Crippen LogP contribution in [0.1, 0.15) is 31.7 Å². The van der Waals surface area contributed by atoms with Crippen LogP contribution >= 0.6 is 0 Å². The molecule has 1 aliphatic heterocycles. The van der Waals surface area contributed by atoms with Gasteiger partial charge in [-0.15, -0.1) is 0 Å². The second kappa shape index (κ2) is 13.6. The third-order valence-corrected chi connectivity index (χ3v) is 5.07. The van der Waals surface area contributed by atoms with Gasteiger partial charge in [0.05, 0.1) is 12.7 Å². The molecule has 0 radical (unpaired) electrons. The maximum Gasteiger partial charge on any atom is 0.191 e. The maximum absolute atomic E-state index is 14.4. The van der Waals surface area contributed by atoms with Gasteiger partial charge in [-0.05, 0) is 61.9 Å². The van der Waals surface area contributed by atoms with Gasteiger partial charge in [-0.1, -0.05) is 6.07 Å². The molecule has 2 N–H and O–H groups in total. The van der Waals surface area contributed by atoms with E-state index in [1.807, 2.05) is 13.0 Å². The molecule has 0 aliphatic carbocycles. The number of benzene rings is 1. The van der Waals surface area contributed by atoms with E-state index in [-0.39, 0.29) is 5.75 Å². The normalized spacial score (nSPS) is 14.9. The van der Waals surface area contributed by atoms with E-state index >= 15 is 0 Å². The fourth-order valence-corrected chi connectivity index (χ4v) is 3.32. The standard InChI is InChI=1S/C24H33FN4O3/c1-2-27-24(28-11-4-12-31-18-19-8-13-30-14-9-19)29-16-20-6-7-23(22(25)15-20)32-21-5-3-10-26-17-21/h3,5-7,10,15,17,19H,2,4,8-9,11-14,16,18H2,1H3,(H2,27,28,29). The fourth-order valence-electron chi connectivity index (χ4n) is 3.32. The number of pyridine rings is 1. The van der Waals surface area contributed by atoms with Gasteiger partial charge in [0.2, 0.25) is 0 Å². The highest BCUT2D eigenvalue weighted by atomic mass is 19.1. The van der Waals surface area contributed by atoms with E-state index in [9.17, 15) is 4.39 Å². The molecule has 174 valence electrons. The second-order valence-electron chi connectivity index (χ2n) is 7.66. The molecule has 1 saturated heterocycles. The van der Waals surface area contributed by atoms with Gasteiger partial charge in [-0.3, -0.25) is 4.98 Å². The van der Waals surface area contributed by atoms with Gasteiger partial charge in [-0.25, -0.2) is 9.38 Å². The summed E-state index contributed by atoms with van der Waals surface area (Å²) in [4.78, 5) is 8.52. The van der Waals surface area contributed by atoms with Crippen LogP contribution in [0.4, 0.5) is 4.39 Å². The van der Waals surface area contributed by atoms with Crippen LogP contribution in [0.2, 0.25) is 0 Å². The summed E-state index contributed by atoms with van der Waals surface area (Å²) in [5.74, 6) is 1.55. The number of aromatic nitrogens is 1. The molecule has 0 unspecified atom stereocenters. The summed E-state index contributed by atoms with van der Waals surface area (Å²) in [6.45, 7) is 7.10. The van der Waals surface area contributed by atoms with Gasteiger partial charge in [0.1, 0.15) is 5.75 Å². The molecule has 3 rings (SSSR count). The van der Waals surface area contributed by atoms with Gasteiger partial charge in [-0.2, -0.15) is 0 Å². The first-order chi connectivity index (χ1) is 15.7. The third kappa shape index (κ3) is 8.43. The molecule has 2 aromatic rings. The third-order valence-electron chi connectivity index (χ3n) is 5.07. The zero-order valence-corrected chi connectivity index (χ0v) is 18.7. The minimum absolute atomic E-state index is 0.163. The Hall–Kier alpha value is -2.71. The smallest absolute Gasteiger partial charge is 0.191 e. The van der Waals surface area contributed by atoms with Crippen molar-refractivity contribution >= 4 is 5.96 Å². The number of halogens is 1. The lowest BCUT2D eigenvalue weighted by Gasteiger charge is -2.21. The summed E-state index contributed by atoms with van der Waals surface area (Å²) >= 11 is 0. The van der Waals surface area contributed by atoms with Crippen LogP contribution in [-0.4, -0.2) is 50.5 Å². The van der Waals surface area contributed by atoms with Crippen molar-refractivity contribution in [3.05, 3.63) is 54.1 Å². The van der Waals surface area contributed by atoms with Gasteiger partial charge in [0.25, 0.3) is 0 Å². The molecule has 1 fully saturated rings. The van der Waals surface area contributed by atoms with Crippen LogP contribution in [0.15, 0.2) is 47.7 Å². The highest BCUT2D eigenvalue weighted by Crippen LogP contribution is 2.24. The molecule has 2 heterocycles. The number of ether oxygens (including phenoxy) is 3. The molecular weight excluding hydrogens is 411 g/mol. The molecule has 0 atom stereocenters. The first kappa shape index (κ1) is 23.9. The molecule has 0 bridgehead atoms. The van der Waals surface area contributed by atoms with Crippen molar-refractivity contribution in [2.45, 2.75) is 32.7 Å². The van der Waals surface area contributed by atoms with Crippen molar-refractivity contribution in [1.29, 1.82) is 0 Å². The Morgan fingerprint density at radius 1 is 1.25 bits per heavy atom. The highest BCUT2D eigenvalue weighted by molar-refractivity contribution is 5.79. The van der Waals surface area contributed by atoms with Crippen LogP contribution in [0, 0.1) is 11.7 Å². The predicted molar refractivity (Wildman–Crippen MR) is 123 cm³/mol. The molecule has 0 saturated carbocycles. The predicted octanol–water partition coefficient (Wildman–Crippen LogP) is 3.90. The number of nitrogens with one attached hydrogen (secondary N) is 2. The van der Waals surface area contributed by atoms with E-state index in [1.165, 1.54) is 6.07 Å². The van der Waals surface area contributed by atoms with Crippen molar-refractivity contribution in [1.82, 2.24) is 15.6 Å². The van der Waals surface area contributed by atoms with Crippen molar-refractivity contribution in [3.63, 3.8) is 0 Å². The lowest BCUT2D eigenvalue weighted by Crippen LogP contribution is -2.38. The Morgan fingerprint density at radius 2 is 2.12 bits per heavy atom. The van der Waals surface area contributed by atoms with Crippen LogP contribution in [-0.2, 0) is 16.0 Å². The summed E-state index contributed by atoms with van der Waals surface area (Å²) in [7, 11) is 0. The second-order valence-corrected chi connectivity index (χ2v) is 7.66. The molecule has 1 aromatic carbocycles. The number of nitrogens with zero attached hydrogens (tertiary/aromatic N) is 2. The lowest BCUT2D eigenvalue weighted by atomic mass is 10.0. The van der Waals surface area contributed by atoms with E-state index in [0.717, 1.165) is 57.7 Å². The Kier molecular flexibility index (Phi) is 10.2. The van der Waals surface area contributed by atoms with Crippen LogP contribution in [0.25, 0.3) is 0 Å². The van der Waals surface area contributed by atoms with E-state index in [2.05, 4.69) is 20.6 Å². The van der Waals surface area contributed by atoms with Gasteiger partial charge < -0.3 is 24.8 Å². The number of hydrogen-bond acceptors (Lipinski definition) is 5. The molecule has 1 aromatic heterocycles. The molecule has 8 heteroatoms. The van der Waals surface area contributed by atoms with E-state index in [1.54, 1.807) is 30.6 Å². The summed E-state index contributed by atoms with van der Waals surface area (Å²) in [6.07, 6.45) is 6.25. The van der Waals surface area contributed by atoms with Crippen molar-refractivity contribution in [2.24, 2.45) is 10.9 Å². The van der Waals surface area contributed by atoms with Crippen molar-refractivity contribution in [2.75, 3.05) is 39.5 Å². The molecule has 32 heavy (non-hydrogen) atoms. The Morgan fingerprint density at radius 3 is 2.88 bits per heavy atom. The Balaban J connectivity index is 1.41. The van der Waals surface area contributed by atoms with Gasteiger partial charge in [0.15, 0.2) is 17.5 Å². The van der Waals surface area contributed by atoms with Crippen LogP contribution in [0.5, 0.6) is 11.5 Å². The summed E-state index contributed by atoms with van der Waals surface area (Å²) in [5.41, 5.74) is 0.762. The minimum atomic E-state index is -0.429. The monoisotopic (exact) mass is 444 g/mol. The number of guanidine groups is 1. The summed E-state index contributed by atoms with van der Waals surface area (Å²) in [6, 6.07) is 8.34. The molecule has 0 spiro atoms. The molecular formula is C24H33FN4O3. The zero-order valence-electron chi connectivity index (χ0n) is 18.7. The largest absolute Gasteiger partial charge is 0.453 e. The quantitative estimate of drug-likeness (QED) is 0.311. The van der Waals surface area contributed by atoms with Crippen molar-refractivity contribution < 1.29 is 18.6 Å². The first-order valence-corrected chi connectivity index (χ1v) is 11.3. The number of hydrogen-bond donors (Lipinski definition) is 2. The average molecular weight is 445 g/mol. The Labute approximate surface area is 189 Å². The zero-order chi connectivity index (χ0) is 22.4. The molecule has 0 amide bonds. The topological polar surface area (TPSA) is 77.0 Å². The fraction of sp³-hybridized carbons (Fsp3) is 0.500. The lowest BCUT2D eigenvalue weighted by molar-refractivity contribution is 0.0203. The SMILES string of the molecule is CCNC(=NCc1ccc(Oc2cccnc2)c(F)c1)NCCCOCC1CCOCC1. The van der Waals surface area contributed by atoms with Crippen molar-refractivity contribution in [3.8, 4) is 11.5 Å². The highest BCUT2D eigenvalue weighted by Gasteiger charge is 2.13. The maximum atomic E-state index is 14.4. The molecule has 1 aliphatic rings.